The molecule has 7 nitrogen and oxygen atoms in total. The lowest BCUT2D eigenvalue weighted by atomic mass is 9.47. The van der Waals surface area contributed by atoms with Crippen molar-refractivity contribution in [3.8, 4) is 0 Å². The van der Waals surface area contributed by atoms with Crippen molar-refractivity contribution >= 4 is 17.6 Å². The summed E-state index contributed by atoms with van der Waals surface area (Å²) in [5, 5.41) is 7.69. The van der Waals surface area contributed by atoms with E-state index in [-0.39, 0.29) is 23.3 Å². The van der Waals surface area contributed by atoms with Gasteiger partial charge in [-0.15, -0.1) is 0 Å². The number of carbonyl (C=O) groups is 2. The molecule has 0 aromatic carbocycles. The summed E-state index contributed by atoms with van der Waals surface area (Å²) in [6.45, 7) is 3.05. The smallest absolute Gasteiger partial charge is 0.272 e. The largest absolute Gasteiger partial charge is 0.369 e. The fourth-order valence-corrected chi connectivity index (χ4v) is 6.16. The first-order valence-electron chi connectivity index (χ1n) is 10.2. The monoisotopic (exact) mass is 373 g/mol. The van der Waals surface area contributed by atoms with E-state index in [0.29, 0.717) is 23.4 Å². The van der Waals surface area contributed by atoms with Crippen molar-refractivity contribution in [1.82, 2.24) is 15.1 Å². The fourth-order valence-electron chi connectivity index (χ4n) is 6.16. The van der Waals surface area contributed by atoms with Gasteiger partial charge in [0.2, 0.25) is 5.91 Å². The van der Waals surface area contributed by atoms with Gasteiger partial charge in [0.15, 0.2) is 5.69 Å². The first kappa shape index (κ1) is 18.3. The van der Waals surface area contributed by atoms with Crippen LogP contribution in [0.2, 0.25) is 0 Å². The molecular weight excluding hydrogens is 342 g/mol. The molecule has 0 aliphatic heterocycles. The lowest BCUT2D eigenvalue weighted by Gasteiger charge is -2.58. The van der Waals surface area contributed by atoms with Gasteiger partial charge in [0.05, 0.1) is 0 Å². The molecule has 4 fully saturated rings. The first-order valence-corrected chi connectivity index (χ1v) is 10.2. The van der Waals surface area contributed by atoms with Crippen LogP contribution in [0.4, 0.5) is 5.82 Å². The summed E-state index contributed by atoms with van der Waals surface area (Å²) in [7, 11) is 3.89. The van der Waals surface area contributed by atoms with Gasteiger partial charge in [-0.3, -0.25) is 14.3 Å². The standard InChI is InChI=1S/C20H31N5O2/c1-4-5-24(2)16-8-15(23-25(16)3)18(26)22-17-13-6-12-7-14(17)11-20(9-12,10-13)19(21)27/h8,12-14,17H,4-7,9-11H2,1-3H3,(H2,21,27)(H,22,26). The Balaban J connectivity index is 1.48. The Morgan fingerprint density at radius 1 is 1.33 bits per heavy atom. The molecule has 1 aromatic rings. The van der Waals surface area contributed by atoms with Gasteiger partial charge in [-0.1, -0.05) is 6.92 Å². The number of nitrogens with zero attached hydrogens (tertiary/aromatic N) is 3. The maximum absolute atomic E-state index is 12.9. The average molecular weight is 374 g/mol. The van der Waals surface area contributed by atoms with Crippen LogP contribution in [0.15, 0.2) is 6.07 Å². The summed E-state index contributed by atoms with van der Waals surface area (Å²) in [6.07, 6.45) is 5.84. The molecule has 4 aliphatic rings. The van der Waals surface area contributed by atoms with Gasteiger partial charge in [0.1, 0.15) is 5.82 Å². The number of anilines is 1. The summed E-state index contributed by atoms with van der Waals surface area (Å²) < 4.78 is 1.77. The number of hydrogen-bond donors (Lipinski definition) is 2. The molecule has 2 unspecified atom stereocenters. The van der Waals surface area contributed by atoms with Crippen LogP contribution in [-0.4, -0.2) is 41.2 Å². The number of aryl methyl sites for hydroxylation is 1. The van der Waals surface area contributed by atoms with E-state index >= 15 is 0 Å². The second kappa shape index (κ2) is 6.53. The number of aromatic nitrogens is 2. The Hall–Kier alpha value is -2.05. The Bertz CT molecular complexity index is 742. The molecule has 4 aliphatic carbocycles. The number of carbonyl (C=O) groups excluding carboxylic acids is 2. The lowest BCUT2D eigenvalue weighted by Crippen LogP contribution is -2.62. The third kappa shape index (κ3) is 3.01. The molecule has 3 N–H and O–H groups in total. The maximum atomic E-state index is 12.9. The van der Waals surface area contributed by atoms with Crippen molar-refractivity contribution in [2.24, 2.45) is 36.0 Å². The van der Waals surface area contributed by atoms with Gasteiger partial charge >= 0.3 is 0 Å². The minimum Gasteiger partial charge on any atom is -0.369 e. The second-order valence-electron chi connectivity index (χ2n) is 9.05. The summed E-state index contributed by atoms with van der Waals surface area (Å²) in [6, 6.07) is 2.01. The van der Waals surface area contributed by atoms with Crippen LogP contribution < -0.4 is 16.0 Å². The molecule has 0 saturated heterocycles. The van der Waals surface area contributed by atoms with Gasteiger partial charge in [-0.25, -0.2) is 0 Å². The van der Waals surface area contributed by atoms with Crippen LogP contribution in [0.3, 0.4) is 0 Å². The predicted molar refractivity (Wildman–Crippen MR) is 103 cm³/mol. The van der Waals surface area contributed by atoms with Gasteiger partial charge in [0.25, 0.3) is 5.91 Å². The van der Waals surface area contributed by atoms with E-state index in [0.717, 1.165) is 50.9 Å². The van der Waals surface area contributed by atoms with Crippen LogP contribution in [-0.2, 0) is 11.8 Å². The Morgan fingerprint density at radius 3 is 2.59 bits per heavy atom. The third-order valence-electron chi connectivity index (χ3n) is 7.13. The zero-order chi connectivity index (χ0) is 19.3. The number of primary amides is 1. The predicted octanol–water partition coefficient (Wildman–Crippen LogP) is 1.68. The summed E-state index contributed by atoms with van der Waals surface area (Å²) in [5.74, 6) is 2.01. The highest BCUT2D eigenvalue weighted by Gasteiger charge is 2.58. The number of rotatable bonds is 6. The summed E-state index contributed by atoms with van der Waals surface area (Å²) >= 11 is 0. The molecule has 4 saturated carbocycles. The molecule has 2 atom stereocenters. The van der Waals surface area contributed by atoms with E-state index in [1.807, 2.05) is 20.2 Å². The highest BCUT2D eigenvalue weighted by molar-refractivity contribution is 5.93. The number of nitrogens with two attached hydrogens (primary N) is 1. The van der Waals surface area contributed by atoms with Crippen LogP contribution in [0.5, 0.6) is 0 Å². The Kier molecular flexibility index (Phi) is 4.43. The quantitative estimate of drug-likeness (QED) is 0.793. The molecule has 0 radical (unpaired) electrons. The molecule has 7 heteroatoms. The number of nitrogens with one attached hydrogen (secondary N) is 1. The number of amides is 2. The molecule has 1 aromatic heterocycles. The van der Waals surface area contributed by atoms with Crippen LogP contribution in [0.25, 0.3) is 0 Å². The molecule has 1 heterocycles. The molecule has 4 bridgehead atoms. The van der Waals surface area contributed by atoms with Crippen molar-refractivity contribution in [3.63, 3.8) is 0 Å². The number of hydrogen-bond acceptors (Lipinski definition) is 4. The zero-order valence-corrected chi connectivity index (χ0v) is 16.6. The van der Waals surface area contributed by atoms with Crippen LogP contribution in [0.1, 0.15) is 55.9 Å². The minimum absolute atomic E-state index is 0.104. The van der Waals surface area contributed by atoms with Gasteiger partial charge in [0, 0.05) is 38.2 Å². The maximum Gasteiger partial charge on any atom is 0.272 e. The van der Waals surface area contributed by atoms with Gasteiger partial charge < -0.3 is 16.0 Å². The first-order chi connectivity index (χ1) is 12.8. The second-order valence-corrected chi connectivity index (χ2v) is 9.05. The molecule has 27 heavy (non-hydrogen) atoms. The topological polar surface area (TPSA) is 93.2 Å². The SMILES string of the molecule is CCCN(C)c1cc(C(=O)NC2C3CC4CC2CC(C(N)=O)(C4)C3)nn1C. The van der Waals surface area contributed by atoms with E-state index < -0.39 is 0 Å². The van der Waals surface area contributed by atoms with E-state index in [1.54, 1.807) is 4.68 Å². The zero-order valence-electron chi connectivity index (χ0n) is 16.6. The third-order valence-corrected chi connectivity index (χ3v) is 7.13. The highest BCUT2D eigenvalue weighted by Crippen LogP contribution is 2.59. The van der Waals surface area contributed by atoms with Crippen LogP contribution in [0, 0.1) is 23.2 Å². The summed E-state index contributed by atoms with van der Waals surface area (Å²) in [4.78, 5) is 27.1. The Labute approximate surface area is 160 Å². The van der Waals surface area contributed by atoms with Crippen LogP contribution >= 0.6 is 0 Å². The Morgan fingerprint density at radius 2 is 2.00 bits per heavy atom. The highest BCUT2D eigenvalue weighted by atomic mass is 16.2. The molecule has 0 spiro atoms. The van der Waals surface area contributed by atoms with E-state index in [2.05, 4.69) is 22.2 Å². The normalized spacial score (nSPS) is 33.9. The van der Waals surface area contributed by atoms with E-state index in [9.17, 15) is 9.59 Å². The van der Waals surface area contributed by atoms with Gasteiger partial charge in [-0.05, 0) is 56.3 Å². The van der Waals surface area contributed by atoms with E-state index in [1.165, 1.54) is 0 Å². The molecular formula is C20H31N5O2. The molecule has 148 valence electrons. The summed E-state index contributed by atoms with van der Waals surface area (Å²) in [5.41, 5.74) is 5.90. The molecule has 2 amide bonds. The fraction of sp³-hybridized carbons (Fsp3) is 0.750. The van der Waals surface area contributed by atoms with E-state index in [4.69, 9.17) is 5.73 Å². The average Bonchev–Trinajstić information content (AvgIpc) is 2.99. The lowest BCUT2D eigenvalue weighted by molar-refractivity contribution is -0.145. The molecule has 5 rings (SSSR count). The van der Waals surface area contributed by atoms with Crippen molar-refractivity contribution < 1.29 is 9.59 Å². The van der Waals surface area contributed by atoms with Gasteiger partial charge in [-0.2, -0.15) is 5.10 Å². The van der Waals surface area contributed by atoms with Crippen molar-refractivity contribution in [1.29, 1.82) is 0 Å². The van der Waals surface area contributed by atoms with Crippen molar-refractivity contribution in [3.05, 3.63) is 11.8 Å². The van der Waals surface area contributed by atoms with Crippen molar-refractivity contribution in [2.75, 3.05) is 18.5 Å². The minimum atomic E-state index is -0.321. The van der Waals surface area contributed by atoms with Crippen molar-refractivity contribution in [2.45, 2.75) is 51.5 Å².